The first-order valence-corrected chi connectivity index (χ1v) is 11.5. The van der Waals surface area contributed by atoms with E-state index in [1.165, 1.54) is 4.68 Å². The minimum atomic E-state index is -0.575. The van der Waals surface area contributed by atoms with Crippen LogP contribution in [0.15, 0.2) is 53.1 Å². The number of aryl methyl sites for hydroxylation is 1. The minimum Gasteiger partial charge on any atom is -0.451 e. The Bertz CT molecular complexity index is 1160. The summed E-state index contributed by atoms with van der Waals surface area (Å²) in [6, 6.07) is 11.5. The molecule has 1 fully saturated rings. The maximum Gasteiger partial charge on any atom is 0.287 e. The van der Waals surface area contributed by atoms with Crippen molar-refractivity contribution >= 4 is 23.4 Å². The zero-order chi connectivity index (χ0) is 24.1. The second-order valence-electron chi connectivity index (χ2n) is 8.50. The van der Waals surface area contributed by atoms with Crippen molar-refractivity contribution in [1.29, 1.82) is 0 Å². The SMILES string of the molecule is CNC(=O)C(NC(=O)c1ccc(-c2ccc(NC(=O)c3ccnn3C)cc2)o1)C1CCCCC1. The van der Waals surface area contributed by atoms with E-state index in [9.17, 15) is 14.4 Å². The number of carbonyl (C=O) groups excluding carboxylic acids is 3. The van der Waals surface area contributed by atoms with E-state index in [-0.39, 0.29) is 23.5 Å². The van der Waals surface area contributed by atoms with Gasteiger partial charge < -0.3 is 20.4 Å². The van der Waals surface area contributed by atoms with Gasteiger partial charge in [-0.25, -0.2) is 0 Å². The third kappa shape index (κ3) is 5.19. The summed E-state index contributed by atoms with van der Waals surface area (Å²) >= 11 is 0. The molecule has 3 N–H and O–H groups in total. The van der Waals surface area contributed by atoms with E-state index in [0.717, 1.165) is 37.7 Å². The Balaban J connectivity index is 1.41. The number of likely N-dealkylation sites (N-methyl/N-ethyl adjacent to an activating group) is 1. The van der Waals surface area contributed by atoms with Gasteiger partial charge >= 0.3 is 0 Å². The van der Waals surface area contributed by atoms with Crippen molar-refractivity contribution in [3.8, 4) is 11.3 Å². The first-order chi connectivity index (χ1) is 16.5. The Kier molecular flexibility index (Phi) is 7.10. The minimum absolute atomic E-state index is 0.126. The maximum absolute atomic E-state index is 12.8. The Morgan fingerprint density at radius 2 is 1.74 bits per heavy atom. The van der Waals surface area contributed by atoms with Crippen LogP contribution in [0.5, 0.6) is 0 Å². The number of nitrogens with zero attached hydrogens (tertiary/aromatic N) is 2. The molecule has 0 radical (unpaired) electrons. The average Bonchev–Trinajstić information content (AvgIpc) is 3.52. The number of benzene rings is 1. The van der Waals surface area contributed by atoms with Gasteiger partial charge in [0.05, 0.1) is 0 Å². The molecule has 34 heavy (non-hydrogen) atoms. The van der Waals surface area contributed by atoms with Crippen LogP contribution in [0.3, 0.4) is 0 Å². The molecule has 3 amide bonds. The highest BCUT2D eigenvalue weighted by Gasteiger charge is 2.31. The molecular formula is C25H29N5O4. The van der Waals surface area contributed by atoms with Crippen LogP contribution in [0.1, 0.15) is 53.1 Å². The lowest BCUT2D eigenvalue weighted by molar-refractivity contribution is -0.124. The molecule has 4 rings (SSSR count). The molecule has 0 bridgehead atoms. The number of nitrogens with one attached hydrogen (secondary N) is 3. The topological polar surface area (TPSA) is 118 Å². The van der Waals surface area contributed by atoms with Gasteiger partial charge in [-0.15, -0.1) is 0 Å². The normalized spacial score (nSPS) is 14.9. The quantitative estimate of drug-likeness (QED) is 0.497. The molecular weight excluding hydrogens is 434 g/mol. The van der Waals surface area contributed by atoms with Gasteiger partial charge in [-0.3, -0.25) is 19.1 Å². The Morgan fingerprint density at radius 1 is 1.00 bits per heavy atom. The van der Waals surface area contributed by atoms with E-state index in [1.807, 2.05) is 0 Å². The van der Waals surface area contributed by atoms with Gasteiger partial charge in [0.25, 0.3) is 11.8 Å². The second kappa shape index (κ2) is 10.4. The van der Waals surface area contributed by atoms with Gasteiger partial charge in [0.15, 0.2) is 5.76 Å². The molecule has 9 heteroatoms. The fraction of sp³-hybridized carbons (Fsp3) is 0.360. The van der Waals surface area contributed by atoms with E-state index in [0.29, 0.717) is 17.1 Å². The van der Waals surface area contributed by atoms with Crippen molar-refractivity contribution in [2.75, 3.05) is 12.4 Å². The summed E-state index contributed by atoms with van der Waals surface area (Å²) in [6.45, 7) is 0. The van der Waals surface area contributed by atoms with Crippen LogP contribution in [-0.2, 0) is 11.8 Å². The lowest BCUT2D eigenvalue weighted by Gasteiger charge is -2.29. The van der Waals surface area contributed by atoms with Crippen molar-refractivity contribution in [3.05, 3.63) is 60.1 Å². The molecule has 9 nitrogen and oxygen atoms in total. The van der Waals surface area contributed by atoms with Gasteiger partial charge in [-0.05, 0) is 61.2 Å². The highest BCUT2D eigenvalue weighted by molar-refractivity contribution is 6.03. The Labute approximate surface area is 197 Å². The highest BCUT2D eigenvalue weighted by atomic mass is 16.4. The number of amides is 3. The van der Waals surface area contributed by atoms with Crippen LogP contribution in [0.4, 0.5) is 5.69 Å². The Morgan fingerprint density at radius 3 is 2.38 bits per heavy atom. The van der Waals surface area contributed by atoms with Crippen LogP contribution >= 0.6 is 0 Å². The van der Waals surface area contributed by atoms with Crippen LogP contribution in [0.2, 0.25) is 0 Å². The van der Waals surface area contributed by atoms with Gasteiger partial charge in [0.1, 0.15) is 17.5 Å². The molecule has 0 aliphatic heterocycles. The number of furan rings is 1. The van der Waals surface area contributed by atoms with E-state index >= 15 is 0 Å². The smallest absolute Gasteiger partial charge is 0.287 e. The summed E-state index contributed by atoms with van der Waals surface area (Å²) in [7, 11) is 3.28. The zero-order valence-electron chi connectivity index (χ0n) is 19.3. The molecule has 0 spiro atoms. The molecule has 0 saturated heterocycles. The summed E-state index contributed by atoms with van der Waals surface area (Å²) in [5.41, 5.74) is 1.84. The molecule has 1 aliphatic rings. The first kappa shape index (κ1) is 23.3. The maximum atomic E-state index is 12.8. The summed E-state index contributed by atoms with van der Waals surface area (Å²) in [5, 5.41) is 12.4. The van der Waals surface area contributed by atoms with Crippen molar-refractivity contribution in [1.82, 2.24) is 20.4 Å². The van der Waals surface area contributed by atoms with Crippen LogP contribution < -0.4 is 16.0 Å². The van der Waals surface area contributed by atoms with Crippen LogP contribution in [0.25, 0.3) is 11.3 Å². The third-order valence-electron chi connectivity index (χ3n) is 6.25. The number of aromatic nitrogens is 2. The van der Waals surface area contributed by atoms with Gasteiger partial charge in [0.2, 0.25) is 5.91 Å². The van der Waals surface area contributed by atoms with E-state index in [4.69, 9.17) is 4.42 Å². The van der Waals surface area contributed by atoms with Crippen molar-refractivity contribution in [3.63, 3.8) is 0 Å². The second-order valence-corrected chi connectivity index (χ2v) is 8.50. The number of carbonyl (C=O) groups is 3. The molecule has 1 atom stereocenters. The van der Waals surface area contributed by atoms with Crippen LogP contribution in [0, 0.1) is 5.92 Å². The van der Waals surface area contributed by atoms with Gasteiger partial charge in [-0.2, -0.15) is 5.10 Å². The molecule has 1 unspecified atom stereocenters. The number of hydrogen-bond acceptors (Lipinski definition) is 5. The van der Waals surface area contributed by atoms with Gasteiger partial charge in [-0.1, -0.05) is 19.3 Å². The summed E-state index contributed by atoms with van der Waals surface area (Å²) in [5.74, 6) is -0.0621. The standard InChI is InChI=1S/C25H29N5O4/c1-26-25(33)22(17-6-4-3-5-7-17)29-24(32)21-13-12-20(34-21)16-8-10-18(11-9-16)28-23(31)19-14-15-27-30(19)2/h8-15,17,22H,3-7H2,1-2H3,(H,26,33)(H,28,31)(H,29,32). The molecule has 2 aromatic heterocycles. The molecule has 2 heterocycles. The molecule has 1 aromatic carbocycles. The number of hydrogen-bond donors (Lipinski definition) is 3. The fourth-order valence-corrected chi connectivity index (χ4v) is 4.36. The van der Waals surface area contributed by atoms with Crippen molar-refractivity contribution < 1.29 is 18.8 Å². The highest BCUT2D eigenvalue weighted by Crippen LogP contribution is 2.28. The summed E-state index contributed by atoms with van der Waals surface area (Å²) in [4.78, 5) is 37.6. The van der Waals surface area contributed by atoms with E-state index in [1.54, 1.807) is 62.8 Å². The lowest BCUT2D eigenvalue weighted by Crippen LogP contribution is -2.50. The third-order valence-corrected chi connectivity index (χ3v) is 6.25. The summed E-state index contributed by atoms with van der Waals surface area (Å²) in [6.07, 6.45) is 6.71. The number of rotatable bonds is 7. The number of anilines is 1. The van der Waals surface area contributed by atoms with Crippen LogP contribution in [-0.4, -0.2) is 40.6 Å². The predicted molar refractivity (Wildman–Crippen MR) is 127 cm³/mol. The summed E-state index contributed by atoms with van der Waals surface area (Å²) < 4.78 is 7.29. The van der Waals surface area contributed by atoms with E-state index < -0.39 is 11.9 Å². The Hall–Kier alpha value is -3.88. The first-order valence-electron chi connectivity index (χ1n) is 11.5. The lowest BCUT2D eigenvalue weighted by atomic mass is 9.83. The predicted octanol–water partition coefficient (Wildman–Crippen LogP) is 3.36. The van der Waals surface area contributed by atoms with Crippen molar-refractivity contribution in [2.24, 2.45) is 13.0 Å². The molecule has 1 saturated carbocycles. The molecule has 3 aromatic rings. The average molecular weight is 464 g/mol. The fourth-order valence-electron chi connectivity index (χ4n) is 4.36. The van der Waals surface area contributed by atoms with Gasteiger partial charge in [0, 0.05) is 31.5 Å². The molecule has 1 aliphatic carbocycles. The monoisotopic (exact) mass is 463 g/mol. The zero-order valence-corrected chi connectivity index (χ0v) is 19.3. The van der Waals surface area contributed by atoms with E-state index in [2.05, 4.69) is 21.0 Å². The largest absolute Gasteiger partial charge is 0.451 e. The molecule has 178 valence electrons. The van der Waals surface area contributed by atoms with Crippen molar-refractivity contribution in [2.45, 2.75) is 38.1 Å².